The molecule has 1 saturated carbocycles. The maximum absolute atomic E-state index is 13.4. The van der Waals surface area contributed by atoms with Gasteiger partial charge in [-0.3, -0.25) is 14.5 Å². The van der Waals surface area contributed by atoms with Gasteiger partial charge in [-0.05, 0) is 66.5 Å². The summed E-state index contributed by atoms with van der Waals surface area (Å²) in [7, 11) is 0. The van der Waals surface area contributed by atoms with Crippen LogP contribution in [0.4, 0.5) is 5.69 Å². The lowest BCUT2D eigenvalue weighted by Crippen LogP contribution is -2.56. The molecule has 1 aliphatic heterocycles. The Morgan fingerprint density at radius 3 is 2.18 bits per heavy atom. The van der Waals surface area contributed by atoms with E-state index >= 15 is 0 Å². The number of piperazine rings is 1. The molecule has 4 rings (SSSR count). The number of amides is 2. The zero-order chi connectivity index (χ0) is 24.3. The molecule has 1 N–H and O–H groups in total. The van der Waals surface area contributed by atoms with Crippen molar-refractivity contribution in [2.45, 2.75) is 64.8 Å². The second kappa shape index (κ2) is 10.3. The molecule has 2 aromatic rings. The fraction of sp³-hybridized carbons (Fsp3) is 0.517. The Morgan fingerprint density at radius 2 is 1.59 bits per heavy atom. The molecule has 1 aliphatic carbocycles. The van der Waals surface area contributed by atoms with Crippen LogP contribution in [0.2, 0.25) is 0 Å². The first kappa shape index (κ1) is 24.5. The molecule has 0 spiro atoms. The van der Waals surface area contributed by atoms with E-state index in [2.05, 4.69) is 43.1 Å². The molecule has 1 saturated heterocycles. The van der Waals surface area contributed by atoms with E-state index in [4.69, 9.17) is 0 Å². The van der Waals surface area contributed by atoms with Gasteiger partial charge in [0.15, 0.2) is 0 Å². The summed E-state index contributed by atoms with van der Waals surface area (Å²) >= 11 is 0. The Hall–Kier alpha value is -2.66. The minimum Gasteiger partial charge on any atom is -0.336 e. The lowest BCUT2D eigenvalue weighted by Gasteiger charge is -2.40. The van der Waals surface area contributed by atoms with Crippen LogP contribution in [0.25, 0.3) is 0 Å². The highest BCUT2D eigenvalue weighted by Gasteiger charge is 2.37. The molecule has 2 aliphatic rings. The first-order chi connectivity index (χ1) is 16.2. The van der Waals surface area contributed by atoms with E-state index in [9.17, 15) is 9.59 Å². The monoisotopic (exact) mass is 461 g/mol. The standard InChI is InChI=1S/C29H39N3O2/c1-21-8-7-11-25(20-21)30-27(33)26(22-9-5-6-10-22)31-16-18-32(19-17-31)28(34)23-12-14-24(15-13-23)29(2,3)4/h7-8,11-15,20,22,26H,5-6,9-10,16-19H2,1-4H3,(H,30,33)/t26-/m1/s1. The summed E-state index contributed by atoms with van der Waals surface area (Å²) in [5.74, 6) is 0.564. The summed E-state index contributed by atoms with van der Waals surface area (Å²) in [5, 5.41) is 3.17. The maximum atomic E-state index is 13.4. The fourth-order valence-corrected chi connectivity index (χ4v) is 5.39. The SMILES string of the molecule is Cc1cccc(NC(=O)[C@@H](C2CCCC2)N2CCN(C(=O)c3ccc(C(C)(C)C)cc3)CC2)c1. The van der Waals surface area contributed by atoms with E-state index in [-0.39, 0.29) is 23.3 Å². The van der Waals surface area contributed by atoms with Gasteiger partial charge < -0.3 is 10.2 Å². The van der Waals surface area contributed by atoms with E-state index in [0.29, 0.717) is 19.0 Å². The Labute approximate surface area is 204 Å². The third kappa shape index (κ3) is 5.69. The van der Waals surface area contributed by atoms with Crippen molar-refractivity contribution in [3.63, 3.8) is 0 Å². The number of nitrogens with one attached hydrogen (secondary N) is 1. The van der Waals surface area contributed by atoms with Crippen molar-refractivity contribution in [2.24, 2.45) is 5.92 Å². The highest BCUT2D eigenvalue weighted by atomic mass is 16.2. The van der Waals surface area contributed by atoms with Gasteiger partial charge >= 0.3 is 0 Å². The zero-order valence-electron chi connectivity index (χ0n) is 21.1. The normalized spacial score (nSPS) is 18.6. The molecule has 2 amide bonds. The van der Waals surface area contributed by atoms with Crippen LogP contribution in [-0.2, 0) is 10.2 Å². The minimum absolute atomic E-state index is 0.0709. The quantitative estimate of drug-likeness (QED) is 0.662. The molecule has 0 unspecified atom stereocenters. The molecule has 0 radical (unpaired) electrons. The number of aryl methyl sites for hydroxylation is 1. The van der Waals surface area contributed by atoms with Crippen molar-refractivity contribution >= 4 is 17.5 Å². The molecule has 0 aromatic heterocycles. The average molecular weight is 462 g/mol. The summed E-state index contributed by atoms with van der Waals surface area (Å²) in [4.78, 5) is 30.8. The molecule has 34 heavy (non-hydrogen) atoms. The van der Waals surface area contributed by atoms with E-state index in [1.807, 2.05) is 48.2 Å². The number of hydrogen-bond donors (Lipinski definition) is 1. The van der Waals surface area contributed by atoms with Crippen LogP contribution < -0.4 is 5.32 Å². The molecule has 2 aromatic carbocycles. The number of carbonyl (C=O) groups is 2. The molecule has 1 atom stereocenters. The van der Waals surface area contributed by atoms with Crippen LogP contribution in [0.15, 0.2) is 48.5 Å². The molecule has 182 valence electrons. The summed E-state index contributed by atoms with van der Waals surface area (Å²) in [6, 6.07) is 15.9. The highest BCUT2D eigenvalue weighted by Crippen LogP contribution is 2.32. The smallest absolute Gasteiger partial charge is 0.253 e. The third-order valence-electron chi connectivity index (χ3n) is 7.39. The van der Waals surface area contributed by atoms with Crippen molar-refractivity contribution in [1.82, 2.24) is 9.80 Å². The van der Waals surface area contributed by atoms with Crippen LogP contribution in [0.5, 0.6) is 0 Å². The van der Waals surface area contributed by atoms with E-state index in [1.54, 1.807) is 0 Å². The van der Waals surface area contributed by atoms with Gasteiger partial charge in [-0.2, -0.15) is 0 Å². The van der Waals surface area contributed by atoms with Crippen molar-refractivity contribution in [3.05, 3.63) is 65.2 Å². The van der Waals surface area contributed by atoms with Crippen LogP contribution in [-0.4, -0.2) is 53.8 Å². The van der Waals surface area contributed by atoms with Gasteiger partial charge in [0.1, 0.15) is 0 Å². The molecule has 0 bridgehead atoms. The Morgan fingerprint density at radius 1 is 0.941 bits per heavy atom. The molecule has 1 heterocycles. The molecule has 5 heteroatoms. The predicted octanol–water partition coefficient (Wildman–Crippen LogP) is 5.25. The average Bonchev–Trinajstić information content (AvgIpc) is 3.33. The topological polar surface area (TPSA) is 52.7 Å². The number of anilines is 1. The molecular weight excluding hydrogens is 422 g/mol. The zero-order valence-corrected chi connectivity index (χ0v) is 21.1. The van der Waals surface area contributed by atoms with Crippen LogP contribution in [0.3, 0.4) is 0 Å². The van der Waals surface area contributed by atoms with Gasteiger partial charge in [-0.25, -0.2) is 0 Å². The minimum atomic E-state index is -0.133. The summed E-state index contributed by atoms with van der Waals surface area (Å²) in [6.07, 6.45) is 4.60. The van der Waals surface area contributed by atoms with E-state index in [0.717, 1.165) is 42.7 Å². The largest absolute Gasteiger partial charge is 0.336 e. The maximum Gasteiger partial charge on any atom is 0.253 e. The first-order valence-corrected chi connectivity index (χ1v) is 12.7. The lowest BCUT2D eigenvalue weighted by atomic mass is 9.86. The van der Waals surface area contributed by atoms with Gasteiger partial charge in [-0.15, -0.1) is 0 Å². The Balaban J connectivity index is 1.41. The Bertz CT molecular complexity index is 995. The number of rotatable bonds is 5. The van der Waals surface area contributed by atoms with Crippen molar-refractivity contribution in [3.8, 4) is 0 Å². The van der Waals surface area contributed by atoms with Crippen LogP contribution >= 0.6 is 0 Å². The van der Waals surface area contributed by atoms with Gasteiger partial charge in [-0.1, -0.05) is 57.9 Å². The highest BCUT2D eigenvalue weighted by molar-refractivity contribution is 5.95. The number of hydrogen-bond acceptors (Lipinski definition) is 3. The van der Waals surface area contributed by atoms with Gasteiger partial charge in [0.25, 0.3) is 5.91 Å². The van der Waals surface area contributed by atoms with Gasteiger partial charge in [0.05, 0.1) is 6.04 Å². The predicted molar refractivity (Wildman–Crippen MR) is 138 cm³/mol. The second-order valence-corrected chi connectivity index (χ2v) is 11.0. The first-order valence-electron chi connectivity index (χ1n) is 12.7. The Kier molecular flexibility index (Phi) is 7.42. The number of carbonyl (C=O) groups excluding carboxylic acids is 2. The summed E-state index contributed by atoms with van der Waals surface area (Å²) < 4.78 is 0. The van der Waals surface area contributed by atoms with Crippen LogP contribution in [0.1, 0.15) is 67.9 Å². The summed E-state index contributed by atoms with van der Waals surface area (Å²) in [5.41, 5.74) is 4.04. The molecule has 2 fully saturated rings. The van der Waals surface area contributed by atoms with Gasteiger partial charge in [0.2, 0.25) is 5.91 Å². The van der Waals surface area contributed by atoms with Gasteiger partial charge in [0, 0.05) is 37.4 Å². The van der Waals surface area contributed by atoms with E-state index < -0.39 is 0 Å². The third-order valence-corrected chi connectivity index (χ3v) is 7.39. The number of nitrogens with zero attached hydrogens (tertiary/aromatic N) is 2. The molecule has 5 nitrogen and oxygen atoms in total. The molecular formula is C29H39N3O2. The van der Waals surface area contributed by atoms with Crippen molar-refractivity contribution < 1.29 is 9.59 Å². The summed E-state index contributed by atoms with van der Waals surface area (Å²) in [6.45, 7) is 11.3. The van der Waals surface area contributed by atoms with E-state index in [1.165, 1.54) is 18.4 Å². The fourth-order valence-electron chi connectivity index (χ4n) is 5.39. The van der Waals surface area contributed by atoms with Crippen molar-refractivity contribution in [1.29, 1.82) is 0 Å². The second-order valence-electron chi connectivity index (χ2n) is 11.0. The van der Waals surface area contributed by atoms with Crippen LogP contribution in [0, 0.1) is 12.8 Å². The number of benzene rings is 2. The van der Waals surface area contributed by atoms with Crippen molar-refractivity contribution in [2.75, 3.05) is 31.5 Å². The lowest BCUT2D eigenvalue weighted by molar-refractivity contribution is -0.123.